The largest absolute Gasteiger partial charge is 0.497 e. The van der Waals surface area contributed by atoms with Crippen molar-refractivity contribution in [3.63, 3.8) is 0 Å². The predicted octanol–water partition coefficient (Wildman–Crippen LogP) is 2.47. The van der Waals surface area contributed by atoms with Crippen LogP contribution in [0.1, 0.15) is 5.56 Å². The number of rotatable bonds is 5. The summed E-state index contributed by atoms with van der Waals surface area (Å²) in [5.41, 5.74) is 7.84. The number of hydrogen-bond acceptors (Lipinski definition) is 4. The summed E-state index contributed by atoms with van der Waals surface area (Å²) in [5, 5.41) is 2.81. The van der Waals surface area contributed by atoms with Gasteiger partial charge in [-0.2, -0.15) is 0 Å². The molecule has 1 amide bonds. The zero-order valence-corrected chi connectivity index (χ0v) is 12.1. The highest BCUT2D eigenvalue weighted by Crippen LogP contribution is 2.24. The maximum atomic E-state index is 12.0. The molecule has 0 saturated carbocycles. The number of carbonyl (C=O) groups is 1. The molecule has 5 heteroatoms. The molecule has 0 aliphatic rings. The molecule has 0 atom stereocenters. The van der Waals surface area contributed by atoms with Crippen LogP contribution in [0.2, 0.25) is 0 Å². The Bertz CT molecular complexity index is 624. The molecule has 0 fully saturated rings. The van der Waals surface area contributed by atoms with Crippen molar-refractivity contribution in [1.82, 2.24) is 0 Å². The molecule has 0 heterocycles. The van der Waals surface area contributed by atoms with Gasteiger partial charge in [0.1, 0.15) is 11.5 Å². The minimum Gasteiger partial charge on any atom is -0.497 e. The quantitative estimate of drug-likeness (QED) is 0.828. The Hall–Kier alpha value is -2.69. The molecular formula is C16H18N2O3. The molecule has 0 aromatic heterocycles. The van der Waals surface area contributed by atoms with E-state index in [4.69, 9.17) is 15.2 Å². The second kappa shape index (κ2) is 6.65. The molecule has 110 valence electrons. The van der Waals surface area contributed by atoms with E-state index in [0.29, 0.717) is 17.1 Å². The fourth-order valence-corrected chi connectivity index (χ4v) is 1.95. The summed E-state index contributed by atoms with van der Waals surface area (Å²) >= 11 is 0. The Labute approximate surface area is 123 Å². The molecule has 0 aliphatic heterocycles. The van der Waals surface area contributed by atoms with Crippen molar-refractivity contribution in [3.05, 3.63) is 48.0 Å². The van der Waals surface area contributed by atoms with Crippen LogP contribution in [-0.2, 0) is 11.2 Å². The van der Waals surface area contributed by atoms with Gasteiger partial charge in [-0.3, -0.25) is 4.79 Å². The molecule has 2 rings (SSSR count). The van der Waals surface area contributed by atoms with E-state index in [-0.39, 0.29) is 12.3 Å². The maximum absolute atomic E-state index is 12.0. The number of anilines is 2. The highest BCUT2D eigenvalue weighted by molar-refractivity contribution is 5.92. The van der Waals surface area contributed by atoms with Gasteiger partial charge in [0.25, 0.3) is 0 Å². The molecule has 0 unspecified atom stereocenters. The minimum absolute atomic E-state index is 0.107. The molecule has 0 bridgehead atoms. The Morgan fingerprint density at radius 2 is 1.81 bits per heavy atom. The number of methoxy groups -OCH3 is 2. The van der Waals surface area contributed by atoms with Crippen molar-refractivity contribution in [2.24, 2.45) is 0 Å². The Morgan fingerprint density at radius 3 is 2.38 bits per heavy atom. The van der Waals surface area contributed by atoms with E-state index in [1.54, 1.807) is 32.4 Å². The highest BCUT2D eigenvalue weighted by Gasteiger charge is 2.06. The third kappa shape index (κ3) is 3.89. The first-order valence-electron chi connectivity index (χ1n) is 6.48. The smallest absolute Gasteiger partial charge is 0.228 e. The standard InChI is InChI=1S/C16H18N2O3/c1-20-13-6-3-11(4-7-13)9-16(19)18-12-5-8-15(21-2)14(17)10-12/h3-8,10H,9,17H2,1-2H3,(H,18,19). The average molecular weight is 286 g/mol. The Balaban J connectivity index is 1.99. The van der Waals surface area contributed by atoms with E-state index in [1.165, 1.54) is 0 Å². The fraction of sp³-hybridized carbons (Fsp3) is 0.188. The van der Waals surface area contributed by atoms with Crippen LogP contribution in [-0.4, -0.2) is 20.1 Å². The van der Waals surface area contributed by atoms with E-state index >= 15 is 0 Å². The van der Waals surface area contributed by atoms with E-state index in [1.807, 2.05) is 24.3 Å². The van der Waals surface area contributed by atoms with Crippen LogP contribution in [0.5, 0.6) is 11.5 Å². The van der Waals surface area contributed by atoms with Crippen LogP contribution in [0, 0.1) is 0 Å². The molecule has 2 aromatic rings. The predicted molar refractivity (Wildman–Crippen MR) is 82.7 cm³/mol. The second-order valence-electron chi connectivity index (χ2n) is 4.53. The Kier molecular flexibility index (Phi) is 4.66. The number of nitrogens with one attached hydrogen (secondary N) is 1. The molecule has 5 nitrogen and oxygen atoms in total. The van der Waals surface area contributed by atoms with E-state index in [9.17, 15) is 4.79 Å². The van der Waals surface area contributed by atoms with E-state index < -0.39 is 0 Å². The van der Waals surface area contributed by atoms with Crippen LogP contribution in [0.3, 0.4) is 0 Å². The highest BCUT2D eigenvalue weighted by atomic mass is 16.5. The van der Waals surface area contributed by atoms with Crippen LogP contribution in [0.25, 0.3) is 0 Å². The van der Waals surface area contributed by atoms with Crippen molar-refractivity contribution >= 4 is 17.3 Å². The monoisotopic (exact) mass is 286 g/mol. The third-order valence-electron chi connectivity index (χ3n) is 3.04. The van der Waals surface area contributed by atoms with Gasteiger partial charge in [0, 0.05) is 5.69 Å². The zero-order valence-electron chi connectivity index (χ0n) is 12.1. The third-order valence-corrected chi connectivity index (χ3v) is 3.04. The number of nitrogens with two attached hydrogens (primary N) is 1. The van der Waals surface area contributed by atoms with Gasteiger partial charge in [0.2, 0.25) is 5.91 Å². The molecule has 0 saturated heterocycles. The van der Waals surface area contributed by atoms with Crippen molar-refractivity contribution in [2.75, 3.05) is 25.3 Å². The van der Waals surface area contributed by atoms with Gasteiger partial charge in [-0.15, -0.1) is 0 Å². The molecule has 0 aliphatic carbocycles. The minimum atomic E-state index is -0.107. The van der Waals surface area contributed by atoms with Gasteiger partial charge in [-0.05, 0) is 35.9 Å². The lowest BCUT2D eigenvalue weighted by Crippen LogP contribution is -2.14. The molecule has 0 spiro atoms. The number of amides is 1. The lowest BCUT2D eigenvalue weighted by atomic mass is 10.1. The van der Waals surface area contributed by atoms with Gasteiger partial charge in [0.05, 0.1) is 26.3 Å². The lowest BCUT2D eigenvalue weighted by molar-refractivity contribution is -0.115. The molecule has 2 aromatic carbocycles. The normalized spacial score (nSPS) is 10.0. The molecular weight excluding hydrogens is 268 g/mol. The molecule has 3 N–H and O–H groups in total. The van der Waals surface area contributed by atoms with Gasteiger partial charge >= 0.3 is 0 Å². The molecule has 21 heavy (non-hydrogen) atoms. The van der Waals surface area contributed by atoms with Crippen LogP contribution < -0.4 is 20.5 Å². The van der Waals surface area contributed by atoms with Gasteiger partial charge < -0.3 is 20.5 Å². The topological polar surface area (TPSA) is 73.6 Å². The van der Waals surface area contributed by atoms with Crippen LogP contribution in [0.4, 0.5) is 11.4 Å². The summed E-state index contributed by atoms with van der Waals surface area (Å²) in [6.07, 6.45) is 0.288. The number of ether oxygens (including phenoxy) is 2. The van der Waals surface area contributed by atoms with Crippen molar-refractivity contribution in [2.45, 2.75) is 6.42 Å². The van der Waals surface area contributed by atoms with Crippen LogP contribution in [0.15, 0.2) is 42.5 Å². The maximum Gasteiger partial charge on any atom is 0.228 e. The van der Waals surface area contributed by atoms with E-state index in [2.05, 4.69) is 5.32 Å². The summed E-state index contributed by atoms with van der Waals surface area (Å²) in [6.45, 7) is 0. The summed E-state index contributed by atoms with van der Waals surface area (Å²) in [6, 6.07) is 12.5. The van der Waals surface area contributed by atoms with Crippen molar-refractivity contribution in [1.29, 1.82) is 0 Å². The van der Waals surface area contributed by atoms with Gasteiger partial charge in [-0.1, -0.05) is 12.1 Å². The number of hydrogen-bond donors (Lipinski definition) is 2. The SMILES string of the molecule is COc1ccc(CC(=O)Nc2ccc(OC)c(N)c2)cc1. The number of carbonyl (C=O) groups excluding carboxylic acids is 1. The first-order valence-corrected chi connectivity index (χ1v) is 6.48. The van der Waals surface area contributed by atoms with Crippen LogP contribution >= 0.6 is 0 Å². The zero-order chi connectivity index (χ0) is 15.2. The van der Waals surface area contributed by atoms with Crippen molar-refractivity contribution < 1.29 is 14.3 Å². The summed E-state index contributed by atoms with van der Waals surface area (Å²) < 4.78 is 10.2. The van der Waals surface area contributed by atoms with E-state index in [0.717, 1.165) is 11.3 Å². The fourth-order valence-electron chi connectivity index (χ4n) is 1.95. The second-order valence-corrected chi connectivity index (χ2v) is 4.53. The first-order chi connectivity index (χ1) is 10.1. The summed E-state index contributed by atoms with van der Waals surface area (Å²) in [5.74, 6) is 1.25. The van der Waals surface area contributed by atoms with Gasteiger partial charge in [-0.25, -0.2) is 0 Å². The first kappa shape index (κ1) is 14.7. The average Bonchev–Trinajstić information content (AvgIpc) is 2.48. The van der Waals surface area contributed by atoms with Gasteiger partial charge in [0.15, 0.2) is 0 Å². The number of benzene rings is 2. The Morgan fingerprint density at radius 1 is 1.10 bits per heavy atom. The number of nitrogen functional groups attached to an aromatic ring is 1. The summed E-state index contributed by atoms with van der Waals surface area (Å²) in [7, 11) is 3.16. The molecule has 0 radical (unpaired) electrons. The van der Waals surface area contributed by atoms with Crippen molar-refractivity contribution in [3.8, 4) is 11.5 Å². The summed E-state index contributed by atoms with van der Waals surface area (Å²) in [4.78, 5) is 12.0. The lowest BCUT2D eigenvalue weighted by Gasteiger charge is -2.09.